The van der Waals surface area contributed by atoms with Gasteiger partial charge in [0.1, 0.15) is 12.2 Å². The fourth-order valence-electron chi connectivity index (χ4n) is 2.53. The van der Waals surface area contributed by atoms with Crippen molar-refractivity contribution in [2.45, 2.75) is 25.0 Å². The summed E-state index contributed by atoms with van der Waals surface area (Å²) >= 11 is 0. The molecule has 0 saturated heterocycles. The van der Waals surface area contributed by atoms with Gasteiger partial charge in [-0.25, -0.2) is 0 Å². The van der Waals surface area contributed by atoms with Crippen LogP contribution >= 0.6 is 0 Å². The van der Waals surface area contributed by atoms with Crippen LogP contribution in [0.15, 0.2) is 47.6 Å². The van der Waals surface area contributed by atoms with Crippen molar-refractivity contribution in [3.63, 3.8) is 0 Å². The number of fused-ring (bicyclic) bond motifs is 1. The van der Waals surface area contributed by atoms with Gasteiger partial charge in [0.15, 0.2) is 0 Å². The molecule has 16 heavy (non-hydrogen) atoms. The molecule has 0 saturated carbocycles. The third-order valence-electron chi connectivity index (χ3n) is 3.47. The van der Waals surface area contributed by atoms with Crippen LogP contribution in [-0.2, 0) is 12.8 Å². The largest absolute Gasteiger partial charge is 0.386 e. The van der Waals surface area contributed by atoms with Crippen molar-refractivity contribution < 1.29 is 10.2 Å². The lowest BCUT2D eigenvalue weighted by atomic mass is 9.80. The minimum absolute atomic E-state index is 0.728. The molecule has 0 aromatic heterocycles. The highest BCUT2D eigenvalue weighted by molar-refractivity contribution is 5.47. The third-order valence-corrected chi connectivity index (χ3v) is 3.47. The molecule has 2 aliphatic rings. The molecule has 0 amide bonds. The molecule has 0 radical (unpaired) electrons. The van der Waals surface area contributed by atoms with Crippen molar-refractivity contribution >= 4 is 0 Å². The first-order valence-electron chi connectivity index (χ1n) is 5.59. The van der Waals surface area contributed by atoms with E-state index in [1.165, 1.54) is 11.1 Å². The summed E-state index contributed by atoms with van der Waals surface area (Å²) in [4.78, 5) is 0. The van der Waals surface area contributed by atoms with Crippen molar-refractivity contribution in [1.29, 1.82) is 0 Å². The molecule has 0 fully saturated rings. The smallest absolute Gasteiger partial charge is 0.105 e. The van der Waals surface area contributed by atoms with E-state index in [2.05, 4.69) is 12.1 Å². The second-order valence-corrected chi connectivity index (χ2v) is 4.47. The summed E-state index contributed by atoms with van der Waals surface area (Å²) in [5.74, 6) is 0. The molecule has 0 heterocycles. The van der Waals surface area contributed by atoms with Crippen LogP contribution in [0.5, 0.6) is 0 Å². The van der Waals surface area contributed by atoms with Gasteiger partial charge in [-0.2, -0.15) is 0 Å². The fraction of sp³-hybridized carbons (Fsp3) is 0.286. The van der Waals surface area contributed by atoms with Crippen molar-refractivity contribution in [3.05, 3.63) is 58.7 Å². The first-order chi connectivity index (χ1) is 7.75. The first-order valence-corrected chi connectivity index (χ1v) is 5.59. The predicted octanol–water partition coefficient (Wildman–Crippen LogP) is 1.37. The van der Waals surface area contributed by atoms with Crippen molar-refractivity contribution in [2.75, 3.05) is 0 Å². The molecule has 2 aliphatic carbocycles. The van der Waals surface area contributed by atoms with E-state index < -0.39 is 12.2 Å². The lowest BCUT2D eigenvalue weighted by Crippen LogP contribution is -2.32. The number of aliphatic hydroxyl groups excluding tert-OH is 2. The van der Waals surface area contributed by atoms with Crippen molar-refractivity contribution in [2.24, 2.45) is 0 Å². The average molecular weight is 214 g/mol. The Kier molecular flexibility index (Phi) is 2.20. The van der Waals surface area contributed by atoms with Crippen molar-refractivity contribution in [1.82, 2.24) is 0 Å². The van der Waals surface area contributed by atoms with Gasteiger partial charge in [-0.3, -0.25) is 0 Å². The van der Waals surface area contributed by atoms with Gasteiger partial charge in [0.25, 0.3) is 0 Å². The quantitative estimate of drug-likeness (QED) is 0.685. The Hall–Kier alpha value is -1.38. The second-order valence-electron chi connectivity index (χ2n) is 4.47. The van der Waals surface area contributed by atoms with Crippen LogP contribution in [0.25, 0.3) is 0 Å². The maximum Gasteiger partial charge on any atom is 0.105 e. The molecular weight excluding hydrogens is 200 g/mol. The van der Waals surface area contributed by atoms with Crippen LogP contribution in [0, 0.1) is 0 Å². The molecule has 1 aromatic rings. The Morgan fingerprint density at radius 2 is 1.69 bits per heavy atom. The van der Waals surface area contributed by atoms with Gasteiger partial charge in [-0.15, -0.1) is 0 Å². The standard InChI is InChI=1S/C14H14O2/c15-13-6-5-11-7-9-3-1-2-4-10(9)8-12(11)14(13)16/h1-6,13-16H,7-8H2/t13-,14+/m0/s1. The van der Waals surface area contributed by atoms with E-state index in [0.29, 0.717) is 0 Å². The lowest BCUT2D eigenvalue weighted by Gasteiger charge is -2.29. The van der Waals surface area contributed by atoms with Crippen LogP contribution in [0.1, 0.15) is 11.1 Å². The minimum Gasteiger partial charge on any atom is -0.386 e. The highest BCUT2D eigenvalue weighted by Gasteiger charge is 2.28. The molecule has 2 atom stereocenters. The fourth-order valence-corrected chi connectivity index (χ4v) is 2.53. The van der Waals surface area contributed by atoms with Gasteiger partial charge < -0.3 is 10.2 Å². The lowest BCUT2D eigenvalue weighted by molar-refractivity contribution is 0.0687. The van der Waals surface area contributed by atoms with E-state index in [1.54, 1.807) is 6.08 Å². The number of hydrogen-bond donors (Lipinski definition) is 2. The van der Waals surface area contributed by atoms with Crippen LogP contribution in [0.2, 0.25) is 0 Å². The second kappa shape index (κ2) is 3.58. The number of allylic oxidation sites excluding steroid dienone is 2. The van der Waals surface area contributed by atoms with Gasteiger partial charge in [0.2, 0.25) is 0 Å². The average Bonchev–Trinajstić information content (AvgIpc) is 2.32. The van der Waals surface area contributed by atoms with E-state index in [4.69, 9.17) is 0 Å². The van der Waals surface area contributed by atoms with E-state index >= 15 is 0 Å². The zero-order valence-corrected chi connectivity index (χ0v) is 8.93. The Morgan fingerprint density at radius 3 is 2.44 bits per heavy atom. The third kappa shape index (κ3) is 1.42. The Labute approximate surface area is 94.5 Å². The zero-order valence-electron chi connectivity index (χ0n) is 8.93. The van der Waals surface area contributed by atoms with Gasteiger partial charge >= 0.3 is 0 Å². The number of rotatable bonds is 0. The summed E-state index contributed by atoms with van der Waals surface area (Å²) in [6, 6.07) is 8.29. The monoisotopic (exact) mass is 214 g/mol. The zero-order chi connectivity index (χ0) is 11.1. The van der Waals surface area contributed by atoms with Gasteiger partial charge in [0.05, 0.1) is 0 Å². The van der Waals surface area contributed by atoms with Crippen LogP contribution < -0.4 is 0 Å². The molecular formula is C14H14O2. The Bertz CT molecular complexity index is 485. The molecule has 0 spiro atoms. The van der Waals surface area contributed by atoms with Crippen LogP contribution in [0.4, 0.5) is 0 Å². The van der Waals surface area contributed by atoms with Crippen LogP contribution in [0.3, 0.4) is 0 Å². The van der Waals surface area contributed by atoms with E-state index in [9.17, 15) is 10.2 Å². The maximum absolute atomic E-state index is 9.94. The summed E-state index contributed by atoms with van der Waals surface area (Å²) in [5, 5.41) is 19.5. The molecule has 2 heteroatoms. The topological polar surface area (TPSA) is 40.5 Å². The summed E-state index contributed by atoms with van der Waals surface area (Å²) in [6.45, 7) is 0. The molecule has 0 bridgehead atoms. The highest BCUT2D eigenvalue weighted by atomic mass is 16.3. The summed E-state index contributed by atoms with van der Waals surface area (Å²) < 4.78 is 0. The maximum atomic E-state index is 9.94. The van der Waals surface area contributed by atoms with Gasteiger partial charge in [0, 0.05) is 0 Å². The Balaban J connectivity index is 2.02. The van der Waals surface area contributed by atoms with E-state index in [0.717, 1.165) is 24.0 Å². The summed E-state index contributed by atoms with van der Waals surface area (Å²) in [5.41, 5.74) is 4.74. The molecule has 2 nitrogen and oxygen atoms in total. The minimum atomic E-state index is -0.746. The van der Waals surface area contributed by atoms with E-state index in [1.807, 2.05) is 18.2 Å². The molecule has 1 aromatic carbocycles. The normalized spacial score (nSPS) is 27.6. The Morgan fingerprint density at radius 1 is 1.00 bits per heavy atom. The highest BCUT2D eigenvalue weighted by Crippen LogP contribution is 2.32. The predicted molar refractivity (Wildman–Crippen MR) is 62.0 cm³/mol. The van der Waals surface area contributed by atoms with Gasteiger partial charge in [-0.1, -0.05) is 36.4 Å². The summed E-state index contributed by atoms with van der Waals surface area (Å²) in [7, 11) is 0. The first kappa shape index (κ1) is 9.82. The van der Waals surface area contributed by atoms with Gasteiger partial charge in [-0.05, 0) is 35.1 Å². The molecule has 82 valence electrons. The molecule has 0 unspecified atom stereocenters. The molecule has 2 N–H and O–H groups in total. The number of hydrogen-bond acceptors (Lipinski definition) is 2. The number of aliphatic hydroxyl groups is 2. The SMILES string of the molecule is O[C@@H]1C2=C(C=C[C@@H]1O)Cc1ccccc1C2. The van der Waals surface area contributed by atoms with Crippen molar-refractivity contribution in [3.8, 4) is 0 Å². The summed E-state index contributed by atoms with van der Waals surface area (Å²) in [6.07, 6.45) is 3.78. The molecule has 0 aliphatic heterocycles. The van der Waals surface area contributed by atoms with Crippen LogP contribution in [-0.4, -0.2) is 22.4 Å². The molecule has 3 rings (SSSR count). The van der Waals surface area contributed by atoms with E-state index in [-0.39, 0.29) is 0 Å². The number of benzene rings is 1.